The summed E-state index contributed by atoms with van der Waals surface area (Å²) in [6.45, 7) is 0.947. The van der Waals surface area contributed by atoms with Gasteiger partial charge in [0, 0.05) is 30.9 Å². The van der Waals surface area contributed by atoms with E-state index in [1.165, 1.54) is 16.8 Å². The Morgan fingerprint density at radius 3 is 2.71 bits per heavy atom. The minimum absolute atomic E-state index is 0.0909. The molecule has 126 valence electrons. The number of hydrogen-bond acceptors (Lipinski definition) is 7. The topological polar surface area (TPSA) is 128 Å². The second-order valence-corrected chi connectivity index (χ2v) is 7.62. The van der Waals surface area contributed by atoms with E-state index >= 15 is 0 Å². The Morgan fingerprint density at radius 2 is 2.12 bits per heavy atom. The van der Waals surface area contributed by atoms with E-state index in [1.807, 2.05) is 0 Å². The number of sulfonamides is 1. The summed E-state index contributed by atoms with van der Waals surface area (Å²) in [5.74, 6) is 0.419. The molecule has 0 amide bonds. The predicted molar refractivity (Wildman–Crippen MR) is 87.4 cm³/mol. The predicted octanol–water partition coefficient (Wildman–Crippen LogP) is 0.574. The summed E-state index contributed by atoms with van der Waals surface area (Å²) in [6.07, 6.45) is 7.31. The lowest BCUT2D eigenvalue weighted by molar-refractivity contribution is 0.331. The average molecular weight is 347 g/mol. The Kier molecular flexibility index (Phi) is 4.46. The van der Waals surface area contributed by atoms with Gasteiger partial charge in [-0.3, -0.25) is 5.10 Å². The molecule has 0 spiro atoms. The van der Waals surface area contributed by atoms with Crippen molar-refractivity contribution in [2.45, 2.75) is 18.9 Å². The van der Waals surface area contributed by atoms with Crippen LogP contribution in [0.1, 0.15) is 18.4 Å². The minimum Gasteiger partial charge on any atom is -0.351 e. The monoisotopic (exact) mass is 347 g/mol. The zero-order chi connectivity index (χ0) is 17.2. The number of nitriles is 1. The molecular formula is C14H17N7O2S. The number of anilines is 1. The number of aromatic nitrogens is 4. The fraction of sp³-hybridized carbons (Fsp3) is 0.429. The standard InChI is InChI=1S/C14H17N7O2S/c1-24(22,23)21-4-2-12(3-5-21)19-14-16-7-10(6-15)13(20-14)11-8-17-18-9-11/h7-9,12H,2-5H2,1H3,(H,17,18)(H,16,19,20). The minimum atomic E-state index is -3.14. The molecule has 1 aliphatic rings. The molecule has 0 bridgehead atoms. The van der Waals surface area contributed by atoms with Crippen LogP contribution in [-0.2, 0) is 10.0 Å². The van der Waals surface area contributed by atoms with E-state index in [0.29, 0.717) is 48.7 Å². The van der Waals surface area contributed by atoms with Crippen molar-refractivity contribution in [1.82, 2.24) is 24.5 Å². The van der Waals surface area contributed by atoms with Crippen LogP contribution >= 0.6 is 0 Å². The third-order valence-corrected chi connectivity index (χ3v) is 5.24. The zero-order valence-electron chi connectivity index (χ0n) is 13.1. The highest BCUT2D eigenvalue weighted by atomic mass is 32.2. The first kappa shape index (κ1) is 16.4. The summed E-state index contributed by atoms with van der Waals surface area (Å²) in [7, 11) is -3.14. The lowest BCUT2D eigenvalue weighted by Gasteiger charge is -2.30. The van der Waals surface area contributed by atoms with Gasteiger partial charge in [-0.2, -0.15) is 10.4 Å². The molecule has 1 aliphatic heterocycles. The fourth-order valence-corrected chi connectivity index (χ4v) is 3.52. The summed E-state index contributed by atoms with van der Waals surface area (Å²) in [4.78, 5) is 8.59. The third kappa shape index (κ3) is 3.52. The highest BCUT2D eigenvalue weighted by Crippen LogP contribution is 2.22. The van der Waals surface area contributed by atoms with Crippen LogP contribution in [0.15, 0.2) is 18.6 Å². The maximum absolute atomic E-state index is 11.5. The average Bonchev–Trinajstić information content (AvgIpc) is 3.09. The first-order valence-corrected chi connectivity index (χ1v) is 9.30. The second-order valence-electron chi connectivity index (χ2n) is 5.64. The Morgan fingerprint density at radius 1 is 1.38 bits per heavy atom. The summed E-state index contributed by atoms with van der Waals surface area (Å²) >= 11 is 0. The smallest absolute Gasteiger partial charge is 0.223 e. The molecule has 24 heavy (non-hydrogen) atoms. The summed E-state index contributed by atoms with van der Waals surface area (Å²) in [6, 6.07) is 2.16. The summed E-state index contributed by atoms with van der Waals surface area (Å²) in [5.41, 5.74) is 1.59. The van der Waals surface area contributed by atoms with Crippen molar-refractivity contribution in [2.24, 2.45) is 0 Å². The Balaban J connectivity index is 1.73. The number of rotatable bonds is 4. The van der Waals surface area contributed by atoms with Gasteiger partial charge < -0.3 is 5.32 Å². The second kappa shape index (κ2) is 6.54. The van der Waals surface area contributed by atoms with Crippen molar-refractivity contribution in [3.8, 4) is 17.3 Å². The van der Waals surface area contributed by atoms with E-state index in [9.17, 15) is 13.7 Å². The highest BCUT2D eigenvalue weighted by molar-refractivity contribution is 7.88. The van der Waals surface area contributed by atoms with Crippen LogP contribution in [0.25, 0.3) is 11.3 Å². The van der Waals surface area contributed by atoms with Crippen molar-refractivity contribution >= 4 is 16.0 Å². The first-order chi connectivity index (χ1) is 11.5. The third-order valence-electron chi connectivity index (χ3n) is 3.94. The van der Waals surface area contributed by atoms with E-state index in [2.05, 4.69) is 31.6 Å². The maximum atomic E-state index is 11.5. The van der Waals surface area contributed by atoms with Crippen LogP contribution in [-0.4, -0.2) is 58.3 Å². The lowest BCUT2D eigenvalue weighted by atomic mass is 10.1. The van der Waals surface area contributed by atoms with Crippen LogP contribution in [0, 0.1) is 11.3 Å². The molecule has 2 N–H and O–H groups in total. The first-order valence-electron chi connectivity index (χ1n) is 7.45. The van der Waals surface area contributed by atoms with E-state index in [1.54, 1.807) is 12.4 Å². The molecule has 0 unspecified atom stereocenters. The van der Waals surface area contributed by atoms with E-state index in [4.69, 9.17) is 0 Å². The molecule has 2 aromatic heterocycles. The van der Waals surface area contributed by atoms with Gasteiger partial charge >= 0.3 is 0 Å². The van der Waals surface area contributed by atoms with E-state index in [0.717, 1.165) is 0 Å². The van der Waals surface area contributed by atoms with Crippen molar-refractivity contribution in [3.63, 3.8) is 0 Å². The van der Waals surface area contributed by atoms with Crippen LogP contribution in [0.5, 0.6) is 0 Å². The van der Waals surface area contributed by atoms with Gasteiger partial charge in [0.25, 0.3) is 0 Å². The molecule has 0 atom stereocenters. The number of aromatic amines is 1. The molecule has 9 nitrogen and oxygen atoms in total. The van der Waals surface area contributed by atoms with Crippen molar-refractivity contribution < 1.29 is 8.42 Å². The quantitative estimate of drug-likeness (QED) is 0.827. The molecule has 2 aromatic rings. The van der Waals surface area contributed by atoms with E-state index in [-0.39, 0.29) is 6.04 Å². The molecule has 0 radical (unpaired) electrons. The zero-order valence-corrected chi connectivity index (χ0v) is 13.9. The van der Waals surface area contributed by atoms with Crippen LogP contribution < -0.4 is 5.32 Å². The van der Waals surface area contributed by atoms with E-state index < -0.39 is 10.0 Å². The molecule has 0 aliphatic carbocycles. The summed E-state index contributed by atoms with van der Waals surface area (Å²) in [5, 5.41) is 19.0. The SMILES string of the molecule is CS(=O)(=O)N1CCC(Nc2ncc(C#N)c(-c3cn[nH]c3)n2)CC1. The van der Waals surface area contributed by atoms with Gasteiger partial charge in [0.1, 0.15) is 6.07 Å². The fourth-order valence-electron chi connectivity index (χ4n) is 2.65. The van der Waals surface area contributed by atoms with Gasteiger partial charge in [-0.25, -0.2) is 22.7 Å². The molecule has 3 heterocycles. The van der Waals surface area contributed by atoms with Crippen molar-refractivity contribution in [2.75, 3.05) is 24.7 Å². The van der Waals surface area contributed by atoms with Gasteiger partial charge in [-0.05, 0) is 12.8 Å². The van der Waals surface area contributed by atoms with Crippen molar-refractivity contribution in [3.05, 3.63) is 24.2 Å². The van der Waals surface area contributed by atoms with Gasteiger partial charge in [-0.1, -0.05) is 0 Å². The molecule has 1 saturated heterocycles. The molecule has 3 rings (SSSR count). The Labute approximate surface area is 139 Å². The molecule has 1 fully saturated rings. The number of nitrogens with zero attached hydrogens (tertiary/aromatic N) is 5. The molecular weight excluding hydrogens is 330 g/mol. The normalized spacial score (nSPS) is 16.7. The van der Waals surface area contributed by atoms with Crippen LogP contribution in [0.2, 0.25) is 0 Å². The van der Waals surface area contributed by atoms with Gasteiger partial charge in [0.2, 0.25) is 16.0 Å². The lowest BCUT2D eigenvalue weighted by Crippen LogP contribution is -2.42. The molecule has 10 heteroatoms. The van der Waals surface area contributed by atoms with Gasteiger partial charge in [0.15, 0.2) is 0 Å². The summed E-state index contributed by atoms with van der Waals surface area (Å²) < 4.78 is 24.6. The number of nitrogens with one attached hydrogen (secondary N) is 2. The van der Waals surface area contributed by atoms with Crippen molar-refractivity contribution in [1.29, 1.82) is 5.26 Å². The maximum Gasteiger partial charge on any atom is 0.223 e. The number of piperidine rings is 1. The highest BCUT2D eigenvalue weighted by Gasteiger charge is 2.25. The molecule has 0 saturated carbocycles. The Hall–Kier alpha value is -2.51. The van der Waals surface area contributed by atoms with Crippen LogP contribution in [0.4, 0.5) is 5.95 Å². The molecule has 0 aromatic carbocycles. The van der Waals surface area contributed by atoms with Crippen LogP contribution in [0.3, 0.4) is 0 Å². The number of hydrogen-bond donors (Lipinski definition) is 2. The number of H-pyrrole nitrogens is 1. The van der Waals surface area contributed by atoms with Gasteiger partial charge in [-0.15, -0.1) is 0 Å². The largest absolute Gasteiger partial charge is 0.351 e. The van der Waals surface area contributed by atoms with Gasteiger partial charge in [0.05, 0.1) is 29.9 Å². The Bertz CT molecular complexity index is 850.